The number of carboxylic acid groups (broad SMARTS) is 1. The van der Waals surface area contributed by atoms with Crippen molar-refractivity contribution in [1.29, 1.82) is 0 Å². The maximum Gasteiger partial charge on any atom is 0.573 e. The molecular formula is C9H7BrF3NO4. The van der Waals surface area contributed by atoms with Crippen LogP contribution in [0.2, 0.25) is 0 Å². The lowest BCUT2D eigenvalue weighted by molar-refractivity contribution is -0.275. The van der Waals surface area contributed by atoms with Crippen LogP contribution in [0.1, 0.15) is 16.1 Å². The Balaban J connectivity index is 3.39. The Morgan fingerprint density at radius 2 is 2.17 bits per heavy atom. The Bertz CT molecular complexity index is 464. The molecule has 0 spiro atoms. The van der Waals surface area contributed by atoms with Crippen LogP contribution >= 0.6 is 15.9 Å². The Morgan fingerprint density at radius 1 is 1.56 bits per heavy atom. The van der Waals surface area contributed by atoms with Crippen molar-refractivity contribution < 1.29 is 32.5 Å². The van der Waals surface area contributed by atoms with Crippen molar-refractivity contribution in [2.45, 2.75) is 11.7 Å². The predicted molar refractivity (Wildman–Crippen MR) is 57.1 cm³/mol. The molecule has 0 fully saturated rings. The molecular weight excluding hydrogens is 323 g/mol. The van der Waals surface area contributed by atoms with Crippen LogP contribution in [0, 0.1) is 0 Å². The SMILES string of the molecule is COc1cc(CBr)c(OC(F)(F)F)c(C(=O)O)n1. The molecule has 5 nitrogen and oxygen atoms in total. The number of alkyl halides is 4. The average Bonchev–Trinajstić information content (AvgIpc) is 2.26. The number of hydrogen-bond donors (Lipinski definition) is 1. The van der Waals surface area contributed by atoms with E-state index < -0.39 is 23.8 Å². The molecule has 0 aliphatic heterocycles. The van der Waals surface area contributed by atoms with Gasteiger partial charge in [0.1, 0.15) is 0 Å². The van der Waals surface area contributed by atoms with E-state index in [1.807, 2.05) is 0 Å². The second kappa shape index (κ2) is 5.42. The second-order valence-corrected chi connectivity index (χ2v) is 3.55. The number of pyridine rings is 1. The fraction of sp³-hybridized carbons (Fsp3) is 0.333. The normalized spacial score (nSPS) is 11.2. The highest BCUT2D eigenvalue weighted by Gasteiger charge is 2.35. The standard InChI is InChI=1S/C9H7BrF3NO4/c1-17-5-2-4(3-10)7(18-9(11,12)13)6(14-5)8(15)16/h2H,3H2,1H3,(H,15,16). The van der Waals surface area contributed by atoms with Gasteiger partial charge in [-0.3, -0.25) is 0 Å². The highest BCUT2D eigenvalue weighted by Crippen LogP contribution is 2.32. The van der Waals surface area contributed by atoms with Crippen molar-refractivity contribution in [3.8, 4) is 11.6 Å². The number of halogens is 4. The van der Waals surface area contributed by atoms with E-state index in [1.54, 1.807) is 0 Å². The monoisotopic (exact) mass is 329 g/mol. The molecule has 18 heavy (non-hydrogen) atoms. The molecule has 0 atom stereocenters. The summed E-state index contributed by atoms with van der Waals surface area (Å²) in [6, 6.07) is 1.16. The third-order valence-corrected chi connectivity index (χ3v) is 2.40. The van der Waals surface area contributed by atoms with Crippen molar-refractivity contribution in [2.75, 3.05) is 7.11 Å². The van der Waals surface area contributed by atoms with Crippen LogP contribution in [-0.4, -0.2) is 29.5 Å². The minimum absolute atomic E-state index is 0.0309. The van der Waals surface area contributed by atoms with Crippen LogP contribution in [0.5, 0.6) is 11.6 Å². The van der Waals surface area contributed by atoms with Crippen LogP contribution in [0.4, 0.5) is 13.2 Å². The van der Waals surface area contributed by atoms with Gasteiger partial charge in [0.15, 0.2) is 11.4 Å². The minimum Gasteiger partial charge on any atom is -0.481 e. The number of nitrogens with zero attached hydrogens (tertiary/aromatic N) is 1. The molecule has 1 rings (SSSR count). The first-order valence-electron chi connectivity index (χ1n) is 4.41. The molecule has 0 aliphatic rings. The summed E-state index contributed by atoms with van der Waals surface area (Å²) in [6.07, 6.45) is -5.00. The molecule has 0 aliphatic carbocycles. The molecule has 1 aromatic heterocycles. The highest BCUT2D eigenvalue weighted by molar-refractivity contribution is 9.08. The smallest absolute Gasteiger partial charge is 0.481 e. The number of carbonyl (C=O) groups is 1. The van der Waals surface area contributed by atoms with Crippen LogP contribution in [0.15, 0.2) is 6.07 Å². The Labute approximate surface area is 108 Å². The Hall–Kier alpha value is -1.51. The summed E-state index contributed by atoms with van der Waals surface area (Å²) < 4.78 is 45.0. The fourth-order valence-electron chi connectivity index (χ4n) is 1.14. The molecule has 0 aromatic carbocycles. The van der Waals surface area contributed by atoms with Crippen molar-refractivity contribution in [1.82, 2.24) is 4.98 Å². The largest absolute Gasteiger partial charge is 0.573 e. The van der Waals surface area contributed by atoms with E-state index in [2.05, 4.69) is 25.7 Å². The van der Waals surface area contributed by atoms with E-state index >= 15 is 0 Å². The molecule has 100 valence electrons. The van der Waals surface area contributed by atoms with E-state index in [1.165, 1.54) is 7.11 Å². The van der Waals surface area contributed by atoms with E-state index in [0.717, 1.165) is 6.07 Å². The number of aromatic nitrogens is 1. The van der Waals surface area contributed by atoms with Crippen LogP contribution < -0.4 is 9.47 Å². The van der Waals surface area contributed by atoms with Crippen LogP contribution in [0.3, 0.4) is 0 Å². The molecule has 9 heteroatoms. The van der Waals surface area contributed by atoms with E-state index in [4.69, 9.17) is 9.84 Å². The summed E-state index contributed by atoms with van der Waals surface area (Å²) in [4.78, 5) is 14.3. The predicted octanol–water partition coefficient (Wildman–Crippen LogP) is 2.58. The zero-order valence-electron chi connectivity index (χ0n) is 8.92. The van der Waals surface area contributed by atoms with Gasteiger partial charge in [0.05, 0.1) is 7.11 Å². The number of methoxy groups -OCH3 is 1. The van der Waals surface area contributed by atoms with Crippen molar-refractivity contribution in [3.05, 3.63) is 17.3 Å². The lowest BCUT2D eigenvalue weighted by Crippen LogP contribution is -2.21. The van der Waals surface area contributed by atoms with E-state index in [-0.39, 0.29) is 16.8 Å². The lowest BCUT2D eigenvalue weighted by Gasteiger charge is -2.14. The molecule has 0 unspecified atom stereocenters. The Morgan fingerprint density at radius 3 is 2.56 bits per heavy atom. The molecule has 1 aromatic rings. The van der Waals surface area contributed by atoms with Gasteiger partial charge in [-0.25, -0.2) is 9.78 Å². The first-order valence-corrected chi connectivity index (χ1v) is 5.53. The third kappa shape index (κ3) is 3.49. The van der Waals surface area contributed by atoms with E-state index in [0.29, 0.717) is 0 Å². The van der Waals surface area contributed by atoms with Gasteiger partial charge < -0.3 is 14.6 Å². The van der Waals surface area contributed by atoms with Gasteiger partial charge in [-0.2, -0.15) is 0 Å². The first-order chi connectivity index (χ1) is 8.28. The van der Waals surface area contributed by atoms with Gasteiger partial charge in [0.25, 0.3) is 0 Å². The molecule has 0 amide bonds. The van der Waals surface area contributed by atoms with Gasteiger partial charge in [-0.05, 0) is 0 Å². The summed E-state index contributed by atoms with van der Waals surface area (Å²) >= 11 is 2.94. The topological polar surface area (TPSA) is 68.7 Å². The zero-order chi connectivity index (χ0) is 13.9. The number of carboxylic acids is 1. The molecule has 0 saturated carbocycles. The van der Waals surface area contributed by atoms with Gasteiger partial charge in [0, 0.05) is 17.0 Å². The van der Waals surface area contributed by atoms with Crippen molar-refractivity contribution in [2.24, 2.45) is 0 Å². The maximum absolute atomic E-state index is 12.2. The summed E-state index contributed by atoms with van der Waals surface area (Å²) in [5, 5.41) is 8.78. The third-order valence-electron chi connectivity index (χ3n) is 1.80. The highest BCUT2D eigenvalue weighted by atomic mass is 79.9. The lowest BCUT2D eigenvalue weighted by atomic mass is 10.2. The second-order valence-electron chi connectivity index (χ2n) is 2.99. The van der Waals surface area contributed by atoms with Crippen molar-refractivity contribution in [3.63, 3.8) is 0 Å². The van der Waals surface area contributed by atoms with Crippen molar-refractivity contribution >= 4 is 21.9 Å². The first kappa shape index (κ1) is 14.6. The average molecular weight is 330 g/mol. The molecule has 1 heterocycles. The summed E-state index contributed by atoms with van der Waals surface area (Å²) in [7, 11) is 1.22. The quantitative estimate of drug-likeness (QED) is 0.860. The fourth-order valence-corrected chi connectivity index (χ4v) is 1.55. The molecule has 1 N–H and O–H groups in total. The summed E-state index contributed by atoms with van der Waals surface area (Å²) in [5.74, 6) is -2.61. The molecule has 0 radical (unpaired) electrons. The van der Waals surface area contributed by atoms with Gasteiger partial charge in [-0.15, -0.1) is 13.2 Å². The summed E-state index contributed by atoms with van der Waals surface area (Å²) in [5.41, 5.74) is -0.891. The number of ether oxygens (including phenoxy) is 2. The van der Waals surface area contributed by atoms with Crippen LogP contribution in [-0.2, 0) is 5.33 Å². The van der Waals surface area contributed by atoms with Crippen LogP contribution in [0.25, 0.3) is 0 Å². The van der Waals surface area contributed by atoms with Gasteiger partial charge in [0.2, 0.25) is 5.88 Å². The number of hydrogen-bond acceptors (Lipinski definition) is 4. The zero-order valence-corrected chi connectivity index (χ0v) is 10.5. The number of aromatic carboxylic acids is 1. The minimum atomic E-state index is -5.00. The maximum atomic E-state index is 12.2. The number of rotatable bonds is 4. The van der Waals surface area contributed by atoms with Gasteiger partial charge in [-0.1, -0.05) is 15.9 Å². The molecule has 0 bridgehead atoms. The summed E-state index contributed by atoms with van der Waals surface area (Å²) in [6.45, 7) is 0. The van der Waals surface area contributed by atoms with Gasteiger partial charge >= 0.3 is 12.3 Å². The van der Waals surface area contributed by atoms with E-state index in [9.17, 15) is 18.0 Å². The Kier molecular flexibility index (Phi) is 4.38. The molecule has 0 saturated heterocycles.